The Morgan fingerprint density at radius 1 is 1.65 bits per heavy atom. The normalized spacial score (nSPS) is 27.4. The minimum absolute atomic E-state index is 0.0523. The third kappa shape index (κ3) is 2.73. The van der Waals surface area contributed by atoms with Crippen LogP contribution in [0, 0.1) is 5.41 Å². The van der Waals surface area contributed by atoms with E-state index in [-0.39, 0.29) is 11.9 Å². The molecule has 2 unspecified atom stereocenters. The number of amides is 1. The molecule has 2 fully saturated rings. The molecule has 2 aliphatic rings. The number of likely N-dealkylation sites (tertiary alicyclic amines) is 1. The first kappa shape index (κ1) is 14.0. The number of aromatic nitrogens is 1. The third-order valence-corrected chi connectivity index (χ3v) is 5.51. The molecular formula is C14H22N4OS. The Hall–Kier alpha value is -0.980. The molecule has 1 amide bonds. The predicted molar refractivity (Wildman–Crippen MR) is 79.5 cm³/mol. The quantitative estimate of drug-likeness (QED) is 0.869. The number of hydrogen-bond acceptors (Lipinski definition) is 5. The Balaban J connectivity index is 1.59. The molecule has 0 aromatic carbocycles. The van der Waals surface area contributed by atoms with Crippen LogP contribution in [0.2, 0.25) is 0 Å². The van der Waals surface area contributed by atoms with Gasteiger partial charge in [-0.1, -0.05) is 0 Å². The van der Waals surface area contributed by atoms with Crippen molar-refractivity contribution >= 4 is 17.2 Å². The molecule has 2 aliphatic heterocycles. The Kier molecular flexibility index (Phi) is 3.79. The molecule has 3 rings (SSSR count). The van der Waals surface area contributed by atoms with Gasteiger partial charge < -0.3 is 16.0 Å². The summed E-state index contributed by atoms with van der Waals surface area (Å²) in [6.07, 6.45) is 2.74. The van der Waals surface area contributed by atoms with E-state index in [1.807, 2.05) is 17.2 Å². The molecule has 2 saturated heterocycles. The van der Waals surface area contributed by atoms with Crippen LogP contribution >= 0.6 is 11.3 Å². The first-order valence-electron chi connectivity index (χ1n) is 7.26. The van der Waals surface area contributed by atoms with E-state index in [9.17, 15) is 4.79 Å². The van der Waals surface area contributed by atoms with Crippen LogP contribution in [0.15, 0.2) is 5.38 Å². The number of thiazole rings is 1. The van der Waals surface area contributed by atoms with Crippen molar-refractivity contribution < 1.29 is 4.79 Å². The average Bonchev–Trinajstić information content (AvgIpc) is 3.12. The molecule has 3 heterocycles. The van der Waals surface area contributed by atoms with Crippen molar-refractivity contribution in [3.05, 3.63) is 16.1 Å². The lowest BCUT2D eigenvalue weighted by atomic mass is 9.86. The van der Waals surface area contributed by atoms with Gasteiger partial charge in [0, 0.05) is 30.4 Å². The summed E-state index contributed by atoms with van der Waals surface area (Å²) in [5.74, 6) is 0.204. The van der Waals surface area contributed by atoms with Gasteiger partial charge in [-0.3, -0.25) is 4.79 Å². The van der Waals surface area contributed by atoms with E-state index in [2.05, 4.69) is 10.3 Å². The second-order valence-corrected chi connectivity index (χ2v) is 7.02. The Morgan fingerprint density at radius 2 is 2.50 bits per heavy atom. The highest BCUT2D eigenvalue weighted by atomic mass is 32.1. The zero-order chi connectivity index (χ0) is 14.2. The number of carbonyl (C=O) groups is 1. The van der Waals surface area contributed by atoms with E-state index in [0.717, 1.165) is 43.3 Å². The summed E-state index contributed by atoms with van der Waals surface area (Å²) < 4.78 is 0. The first-order valence-corrected chi connectivity index (χ1v) is 8.14. The summed E-state index contributed by atoms with van der Waals surface area (Å²) in [4.78, 5) is 18.8. The molecule has 5 nitrogen and oxygen atoms in total. The van der Waals surface area contributed by atoms with Crippen LogP contribution in [0.5, 0.6) is 0 Å². The number of nitrogens with zero attached hydrogens (tertiary/aromatic N) is 2. The zero-order valence-electron chi connectivity index (χ0n) is 11.9. The van der Waals surface area contributed by atoms with Gasteiger partial charge in [0.15, 0.2) is 0 Å². The lowest BCUT2D eigenvalue weighted by Gasteiger charge is -2.22. The van der Waals surface area contributed by atoms with Crippen LogP contribution in [-0.2, 0) is 11.2 Å². The second kappa shape index (κ2) is 5.42. The molecular weight excluding hydrogens is 272 g/mol. The maximum atomic E-state index is 12.4. The summed E-state index contributed by atoms with van der Waals surface area (Å²) in [6, 6.07) is -0.0523. The van der Waals surface area contributed by atoms with Crippen LogP contribution in [-0.4, -0.2) is 42.0 Å². The summed E-state index contributed by atoms with van der Waals surface area (Å²) in [5, 5.41) is 6.28. The fourth-order valence-electron chi connectivity index (χ4n) is 3.17. The van der Waals surface area contributed by atoms with Crippen LogP contribution in [0.25, 0.3) is 0 Å². The number of carbonyl (C=O) groups excluding carboxylic acids is 1. The van der Waals surface area contributed by atoms with Gasteiger partial charge in [0.05, 0.1) is 18.2 Å². The number of nitrogens with one attached hydrogen (secondary N) is 1. The number of hydrogen-bond donors (Lipinski definition) is 2. The lowest BCUT2D eigenvalue weighted by Crippen LogP contribution is -2.34. The predicted octanol–water partition coefficient (Wildman–Crippen LogP) is 0.917. The SMILES string of the molecule is CC(N)c1nc(CC(=O)N2CCC3(CCNC3)C2)cs1. The Morgan fingerprint density at radius 3 is 3.15 bits per heavy atom. The molecule has 0 aliphatic carbocycles. The van der Waals surface area contributed by atoms with Crippen LogP contribution in [0.3, 0.4) is 0 Å². The maximum Gasteiger partial charge on any atom is 0.228 e. The van der Waals surface area contributed by atoms with Crippen molar-refractivity contribution in [3.8, 4) is 0 Å². The van der Waals surface area contributed by atoms with Gasteiger partial charge in [-0.15, -0.1) is 11.3 Å². The smallest absolute Gasteiger partial charge is 0.228 e. The van der Waals surface area contributed by atoms with E-state index in [1.165, 1.54) is 6.42 Å². The van der Waals surface area contributed by atoms with Gasteiger partial charge in [-0.05, 0) is 26.3 Å². The summed E-state index contributed by atoms with van der Waals surface area (Å²) in [7, 11) is 0. The zero-order valence-corrected chi connectivity index (χ0v) is 12.7. The van der Waals surface area contributed by atoms with E-state index >= 15 is 0 Å². The molecule has 20 heavy (non-hydrogen) atoms. The van der Waals surface area contributed by atoms with Crippen LogP contribution in [0.1, 0.15) is 36.5 Å². The van der Waals surface area contributed by atoms with Crippen molar-refractivity contribution in [2.45, 2.75) is 32.2 Å². The first-order chi connectivity index (χ1) is 9.58. The number of nitrogens with two attached hydrogens (primary N) is 1. The van der Waals surface area contributed by atoms with Crippen molar-refractivity contribution in [3.63, 3.8) is 0 Å². The maximum absolute atomic E-state index is 12.4. The highest BCUT2D eigenvalue weighted by Gasteiger charge is 2.41. The molecule has 2 atom stereocenters. The molecule has 0 radical (unpaired) electrons. The topological polar surface area (TPSA) is 71.2 Å². The van der Waals surface area contributed by atoms with Crippen molar-refractivity contribution in [2.75, 3.05) is 26.2 Å². The van der Waals surface area contributed by atoms with E-state index < -0.39 is 0 Å². The fourth-order valence-corrected chi connectivity index (χ4v) is 3.95. The minimum atomic E-state index is -0.0523. The summed E-state index contributed by atoms with van der Waals surface area (Å²) in [6.45, 7) is 5.86. The van der Waals surface area contributed by atoms with Gasteiger partial charge in [-0.25, -0.2) is 4.98 Å². The van der Waals surface area contributed by atoms with Crippen LogP contribution in [0.4, 0.5) is 0 Å². The molecule has 6 heteroatoms. The molecule has 1 aromatic rings. The molecule has 0 bridgehead atoms. The molecule has 110 valence electrons. The average molecular weight is 294 g/mol. The van der Waals surface area contributed by atoms with Gasteiger partial charge in [0.2, 0.25) is 5.91 Å². The monoisotopic (exact) mass is 294 g/mol. The lowest BCUT2D eigenvalue weighted by molar-refractivity contribution is -0.129. The highest BCUT2D eigenvalue weighted by Crippen LogP contribution is 2.36. The van der Waals surface area contributed by atoms with Crippen molar-refractivity contribution in [2.24, 2.45) is 11.1 Å². The van der Waals surface area contributed by atoms with E-state index in [0.29, 0.717) is 11.8 Å². The van der Waals surface area contributed by atoms with Gasteiger partial charge in [-0.2, -0.15) is 0 Å². The van der Waals surface area contributed by atoms with Crippen LogP contribution < -0.4 is 11.1 Å². The summed E-state index contributed by atoms with van der Waals surface area (Å²) in [5.41, 5.74) is 7.01. The van der Waals surface area contributed by atoms with Gasteiger partial charge in [0.1, 0.15) is 5.01 Å². The molecule has 3 N–H and O–H groups in total. The van der Waals surface area contributed by atoms with Crippen molar-refractivity contribution in [1.82, 2.24) is 15.2 Å². The van der Waals surface area contributed by atoms with Crippen molar-refractivity contribution in [1.29, 1.82) is 0 Å². The Bertz CT molecular complexity index is 493. The largest absolute Gasteiger partial charge is 0.342 e. The van der Waals surface area contributed by atoms with E-state index in [1.54, 1.807) is 11.3 Å². The highest BCUT2D eigenvalue weighted by molar-refractivity contribution is 7.09. The second-order valence-electron chi connectivity index (χ2n) is 6.13. The number of rotatable bonds is 3. The molecule has 0 saturated carbocycles. The standard InChI is InChI=1S/C14H22N4OS/c1-10(15)13-17-11(7-20-13)6-12(19)18-5-3-14(9-18)2-4-16-8-14/h7,10,16H,2-6,8-9,15H2,1H3. The Labute approximate surface area is 123 Å². The fraction of sp³-hybridized carbons (Fsp3) is 0.714. The molecule has 1 spiro atoms. The van der Waals surface area contributed by atoms with E-state index in [4.69, 9.17) is 5.73 Å². The van der Waals surface area contributed by atoms with Gasteiger partial charge >= 0.3 is 0 Å². The minimum Gasteiger partial charge on any atom is -0.342 e. The third-order valence-electron chi connectivity index (χ3n) is 4.41. The molecule has 1 aromatic heterocycles. The summed E-state index contributed by atoms with van der Waals surface area (Å²) >= 11 is 1.54. The van der Waals surface area contributed by atoms with Gasteiger partial charge in [0.25, 0.3) is 0 Å².